The number of carbonyl (C=O) groups excluding carboxylic acids is 1. The van der Waals surface area contributed by atoms with Gasteiger partial charge in [-0.25, -0.2) is 4.98 Å². The number of nitrogens with two attached hydrogens (primary N) is 1. The van der Waals surface area contributed by atoms with Gasteiger partial charge < -0.3 is 16.0 Å². The molecule has 2 heterocycles. The zero-order valence-corrected chi connectivity index (χ0v) is 11.2. The number of nitrogens with zero attached hydrogens (tertiary/aromatic N) is 2. The normalized spacial score (nSPS) is 18.7. The number of hydrogen-bond donors (Lipinski definition) is 2. The van der Waals surface area contributed by atoms with Crippen LogP contribution in [0.15, 0.2) is 12.3 Å². The van der Waals surface area contributed by atoms with Gasteiger partial charge >= 0.3 is 0 Å². The summed E-state index contributed by atoms with van der Waals surface area (Å²) in [6, 6.07) is 1.95. The molecule has 0 spiro atoms. The van der Waals surface area contributed by atoms with Crippen LogP contribution in [0.1, 0.15) is 25.0 Å². The van der Waals surface area contributed by atoms with Crippen molar-refractivity contribution < 1.29 is 4.79 Å². The van der Waals surface area contributed by atoms with Crippen molar-refractivity contribution in [1.29, 1.82) is 0 Å². The summed E-state index contributed by atoms with van der Waals surface area (Å²) in [5.41, 5.74) is 7.35. The van der Waals surface area contributed by atoms with Crippen molar-refractivity contribution in [2.75, 3.05) is 18.0 Å². The number of hydrogen-bond acceptors (Lipinski definition) is 4. The van der Waals surface area contributed by atoms with Gasteiger partial charge in [0.05, 0.1) is 0 Å². The molecule has 0 bridgehead atoms. The molecule has 0 radical (unpaired) electrons. The zero-order valence-electron chi connectivity index (χ0n) is 11.2. The van der Waals surface area contributed by atoms with E-state index in [0.29, 0.717) is 13.1 Å². The first-order valence-electron chi connectivity index (χ1n) is 6.19. The molecule has 5 nitrogen and oxygen atoms in total. The third kappa shape index (κ3) is 1.95. The number of anilines is 1. The largest absolute Gasteiger partial charge is 0.352 e. The van der Waals surface area contributed by atoms with Crippen LogP contribution in [0.2, 0.25) is 0 Å². The van der Waals surface area contributed by atoms with Gasteiger partial charge in [-0.3, -0.25) is 4.79 Å². The second-order valence-electron chi connectivity index (χ2n) is 5.10. The lowest BCUT2D eigenvalue weighted by Gasteiger charge is -2.42. The third-order valence-corrected chi connectivity index (χ3v) is 3.58. The van der Waals surface area contributed by atoms with Gasteiger partial charge in [0.2, 0.25) is 5.91 Å². The molecule has 0 atom stereocenters. The Morgan fingerprint density at radius 1 is 1.56 bits per heavy atom. The Labute approximate surface area is 107 Å². The molecule has 98 valence electrons. The van der Waals surface area contributed by atoms with Crippen LogP contribution in [0.3, 0.4) is 0 Å². The topological polar surface area (TPSA) is 71.2 Å². The van der Waals surface area contributed by atoms with E-state index in [9.17, 15) is 4.79 Å². The van der Waals surface area contributed by atoms with Gasteiger partial charge in [0.25, 0.3) is 0 Å². The molecule has 1 aliphatic rings. The van der Waals surface area contributed by atoms with Crippen LogP contribution < -0.4 is 16.0 Å². The van der Waals surface area contributed by atoms with Gasteiger partial charge in [-0.05, 0) is 32.4 Å². The number of piperazine rings is 1. The number of carbonyl (C=O) groups is 1. The number of aryl methyl sites for hydroxylation is 1. The van der Waals surface area contributed by atoms with E-state index in [4.69, 9.17) is 5.73 Å². The molecule has 1 aromatic rings. The second-order valence-corrected chi connectivity index (χ2v) is 5.10. The number of nitrogens with one attached hydrogen (secondary N) is 1. The molecule has 0 aliphatic carbocycles. The highest BCUT2D eigenvalue weighted by Crippen LogP contribution is 2.28. The van der Waals surface area contributed by atoms with E-state index in [1.54, 1.807) is 6.20 Å². The van der Waals surface area contributed by atoms with Crippen molar-refractivity contribution >= 4 is 11.7 Å². The summed E-state index contributed by atoms with van der Waals surface area (Å²) in [5, 5.41) is 2.88. The lowest BCUT2D eigenvalue weighted by Crippen LogP contribution is -2.62. The van der Waals surface area contributed by atoms with Gasteiger partial charge in [-0.1, -0.05) is 0 Å². The predicted octanol–water partition coefficient (Wildman–Crippen LogP) is 0.564. The van der Waals surface area contributed by atoms with Gasteiger partial charge in [0.1, 0.15) is 11.4 Å². The summed E-state index contributed by atoms with van der Waals surface area (Å²) < 4.78 is 0. The Morgan fingerprint density at radius 2 is 2.28 bits per heavy atom. The Hall–Kier alpha value is -1.62. The number of amides is 1. The quantitative estimate of drug-likeness (QED) is 0.802. The highest BCUT2D eigenvalue weighted by molar-refractivity contribution is 5.90. The van der Waals surface area contributed by atoms with E-state index < -0.39 is 5.54 Å². The first kappa shape index (κ1) is 12.8. The minimum Gasteiger partial charge on any atom is -0.352 e. The second kappa shape index (κ2) is 4.57. The van der Waals surface area contributed by atoms with Gasteiger partial charge in [0.15, 0.2) is 0 Å². The van der Waals surface area contributed by atoms with Gasteiger partial charge in [-0.2, -0.15) is 0 Å². The molecular formula is C13H20N4O. The lowest BCUT2D eigenvalue weighted by molar-refractivity contribution is -0.126. The van der Waals surface area contributed by atoms with Crippen molar-refractivity contribution in [3.05, 3.63) is 23.4 Å². The first-order chi connectivity index (χ1) is 8.48. The Bertz CT molecular complexity index is 470. The van der Waals surface area contributed by atoms with E-state index in [1.807, 2.05) is 31.7 Å². The summed E-state index contributed by atoms with van der Waals surface area (Å²) >= 11 is 0. The molecule has 0 saturated carbocycles. The predicted molar refractivity (Wildman–Crippen MR) is 71.3 cm³/mol. The molecule has 1 saturated heterocycles. The molecule has 3 N–H and O–H groups in total. The molecule has 0 unspecified atom stereocenters. The van der Waals surface area contributed by atoms with Crippen molar-refractivity contribution in [2.45, 2.75) is 32.9 Å². The van der Waals surface area contributed by atoms with Crippen molar-refractivity contribution in [3.8, 4) is 0 Å². The number of rotatable bonds is 2. The van der Waals surface area contributed by atoms with Gasteiger partial charge in [-0.15, -0.1) is 0 Å². The molecule has 5 heteroatoms. The highest BCUT2D eigenvalue weighted by atomic mass is 16.2. The van der Waals surface area contributed by atoms with Crippen LogP contribution >= 0.6 is 0 Å². The summed E-state index contributed by atoms with van der Waals surface area (Å²) in [6.07, 6.45) is 1.77. The van der Waals surface area contributed by atoms with Crippen molar-refractivity contribution in [2.24, 2.45) is 5.73 Å². The van der Waals surface area contributed by atoms with Gasteiger partial charge in [0, 0.05) is 31.4 Å². The highest BCUT2D eigenvalue weighted by Gasteiger charge is 2.39. The molecule has 1 fully saturated rings. The maximum absolute atomic E-state index is 12.0. The molecule has 18 heavy (non-hydrogen) atoms. The van der Waals surface area contributed by atoms with Crippen LogP contribution in [0.5, 0.6) is 0 Å². The van der Waals surface area contributed by atoms with Crippen LogP contribution in [0, 0.1) is 6.92 Å². The third-order valence-electron chi connectivity index (χ3n) is 3.58. The van der Waals surface area contributed by atoms with E-state index in [2.05, 4.69) is 10.3 Å². The Balaban J connectivity index is 2.48. The molecule has 0 aromatic carbocycles. The van der Waals surface area contributed by atoms with E-state index in [0.717, 1.165) is 23.5 Å². The summed E-state index contributed by atoms with van der Waals surface area (Å²) in [7, 11) is 0. The minimum atomic E-state index is -0.594. The number of pyridine rings is 1. The van der Waals surface area contributed by atoms with Crippen molar-refractivity contribution in [1.82, 2.24) is 10.3 Å². The standard InChI is InChI=1S/C13H20N4O/c1-9-4-5-15-11(10(9)8-14)17-7-6-16-12(18)13(17,2)3/h4-5H,6-8,14H2,1-3H3,(H,16,18). The Morgan fingerprint density at radius 3 is 2.94 bits per heavy atom. The molecule has 1 aromatic heterocycles. The lowest BCUT2D eigenvalue weighted by atomic mass is 9.97. The molecule has 1 amide bonds. The smallest absolute Gasteiger partial charge is 0.245 e. The van der Waals surface area contributed by atoms with Crippen LogP contribution in [-0.2, 0) is 11.3 Å². The van der Waals surface area contributed by atoms with Crippen LogP contribution in [0.25, 0.3) is 0 Å². The first-order valence-corrected chi connectivity index (χ1v) is 6.19. The molecular weight excluding hydrogens is 228 g/mol. The van der Waals surface area contributed by atoms with Crippen LogP contribution in [0.4, 0.5) is 5.82 Å². The SMILES string of the molecule is Cc1ccnc(N2CCNC(=O)C2(C)C)c1CN. The monoisotopic (exact) mass is 248 g/mol. The Kier molecular flexibility index (Phi) is 3.26. The average molecular weight is 248 g/mol. The van der Waals surface area contributed by atoms with Crippen molar-refractivity contribution in [3.63, 3.8) is 0 Å². The molecule has 2 rings (SSSR count). The van der Waals surface area contributed by atoms with E-state index >= 15 is 0 Å². The minimum absolute atomic E-state index is 0.0278. The fourth-order valence-electron chi connectivity index (χ4n) is 2.33. The fourth-order valence-corrected chi connectivity index (χ4v) is 2.33. The van der Waals surface area contributed by atoms with Crippen LogP contribution in [-0.4, -0.2) is 29.5 Å². The fraction of sp³-hybridized carbons (Fsp3) is 0.538. The summed E-state index contributed by atoms with van der Waals surface area (Å²) in [4.78, 5) is 18.4. The summed E-state index contributed by atoms with van der Waals surface area (Å²) in [6.45, 7) is 7.66. The summed E-state index contributed by atoms with van der Waals surface area (Å²) in [5.74, 6) is 0.859. The number of aromatic nitrogens is 1. The maximum Gasteiger partial charge on any atom is 0.245 e. The average Bonchev–Trinajstić information content (AvgIpc) is 2.32. The maximum atomic E-state index is 12.0. The molecule has 1 aliphatic heterocycles. The van der Waals surface area contributed by atoms with E-state index in [1.165, 1.54) is 0 Å². The van der Waals surface area contributed by atoms with E-state index in [-0.39, 0.29) is 5.91 Å². The zero-order chi connectivity index (χ0) is 13.3.